The lowest BCUT2D eigenvalue weighted by molar-refractivity contribution is -0.166. The summed E-state index contributed by atoms with van der Waals surface area (Å²) >= 11 is 0. The average molecular weight is 711 g/mol. The Labute approximate surface area is 285 Å². The molecule has 4 amide bonds. The zero-order chi connectivity index (χ0) is 32.9. The van der Waals surface area contributed by atoms with E-state index in [9.17, 15) is 29.4 Å². The first-order valence-corrected chi connectivity index (χ1v) is 19.4. The first-order chi connectivity index (χ1) is 22.5. The molecule has 244 valence electrons. The van der Waals surface area contributed by atoms with Crippen LogP contribution in [0.1, 0.15) is 17.5 Å². The SMILES string of the molecule is CN1C(=O)[C@@]23C[C@]4(n5cc(C[C@@]67SS[C@](CO)(C(=O)N6C)N(C)C7=O)c6ccccc65)c5ccccc5N[C@@H]4N2C(=O)[C@]1(CO)SS3. The number of nitrogens with zero attached hydrogens (tertiary/aromatic N) is 5. The predicted molar refractivity (Wildman–Crippen MR) is 182 cm³/mol. The highest BCUT2D eigenvalue weighted by molar-refractivity contribution is 8.78. The van der Waals surface area contributed by atoms with Gasteiger partial charge in [0, 0.05) is 62.3 Å². The molecule has 0 saturated carbocycles. The fraction of sp³-hybridized carbons (Fsp3) is 0.419. The van der Waals surface area contributed by atoms with Crippen molar-refractivity contribution in [1.82, 2.24) is 24.2 Å². The van der Waals surface area contributed by atoms with E-state index in [1.807, 2.05) is 54.7 Å². The number of fused-ring (bicyclic) bond motifs is 9. The fourth-order valence-electron chi connectivity index (χ4n) is 8.49. The second kappa shape index (κ2) is 9.36. The molecule has 47 heavy (non-hydrogen) atoms. The Balaban J connectivity index is 1.25. The Hall–Kier alpha value is -3.02. The molecule has 7 saturated heterocycles. The van der Waals surface area contributed by atoms with E-state index in [1.165, 1.54) is 57.9 Å². The number of aliphatic hydroxyl groups excluding tert-OH is 2. The molecule has 3 N–H and O–H groups in total. The summed E-state index contributed by atoms with van der Waals surface area (Å²) in [6.45, 7) is -0.994. The van der Waals surface area contributed by atoms with Crippen LogP contribution >= 0.6 is 43.2 Å². The zero-order valence-electron chi connectivity index (χ0n) is 25.5. The van der Waals surface area contributed by atoms with Gasteiger partial charge in [-0.25, -0.2) is 0 Å². The maximum Gasteiger partial charge on any atom is 0.265 e. The van der Waals surface area contributed by atoms with E-state index in [1.54, 1.807) is 26.0 Å². The number of carbonyl (C=O) groups is 4. The molecule has 8 aliphatic rings. The van der Waals surface area contributed by atoms with E-state index in [0.717, 1.165) is 27.7 Å². The van der Waals surface area contributed by atoms with Gasteiger partial charge in [0.15, 0.2) is 9.74 Å². The van der Waals surface area contributed by atoms with Crippen LogP contribution in [-0.4, -0.2) is 118 Å². The van der Waals surface area contributed by atoms with Crippen molar-refractivity contribution in [1.29, 1.82) is 0 Å². The molecule has 0 aliphatic carbocycles. The number of nitrogens with one attached hydrogen (secondary N) is 1. The molecule has 1 aromatic heterocycles. The number of anilines is 1. The zero-order valence-corrected chi connectivity index (χ0v) is 28.8. The Kier molecular flexibility index (Phi) is 5.99. The predicted octanol–water partition coefficient (Wildman–Crippen LogP) is 1.87. The molecule has 0 radical (unpaired) electrons. The molecular weight excluding hydrogens is 681 g/mol. The number of aliphatic hydroxyl groups is 2. The first kappa shape index (κ1) is 30.1. The van der Waals surface area contributed by atoms with E-state index in [-0.39, 0.29) is 36.5 Å². The standard InChI is InChI=1S/C31H30N6O6S4/c1-33-25(42)30(15-38)34(2)23(40)28(33,44-46-30)12-17-13-36(21-11-7-4-8-18(17)21)27-14-29-24(41)35(3)31(16-39,47-45-29)26(43)37(29)22(27)32-20-10-6-5-9-19(20)27/h4-11,13,22,32,38-39H,12,14-16H2,1-3H3/t22-,27+,28+,29+,30-,31+/m1/s1. The number of piperazine rings is 2. The van der Waals surface area contributed by atoms with Gasteiger partial charge in [0.2, 0.25) is 9.74 Å². The van der Waals surface area contributed by atoms with Crippen molar-refractivity contribution in [2.45, 2.75) is 44.0 Å². The molecule has 11 rings (SSSR count). The lowest BCUT2D eigenvalue weighted by atomic mass is 9.86. The molecule has 3 aromatic rings. The number of amides is 4. The smallest absolute Gasteiger partial charge is 0.265 e. The number of hydrogen-bond donors (Lipinski definition) is 3. The van der Waals surface area contributed by atoms with Gasteiger partial charge in [-0.15, -0.1) is 0 Å². The third-order valence-electron chi connectivity index (χ3n) is 11.1. The van der Waals surface area contributed by atoms with Gasteiger partial charge in [0.1, 0.15) is 11.7 Å². The minimum absolute atomic E-state index is 0.203. The van der Waals surface area contributed by atoms with E-state index >= 15 is 0 Å². The maximum absolute atomic E-state index is 14.4. The van der Waals surface area contributed by atoms with Gasteiger partial charge in [-0.1, -0.05) is 58.0 Å². The topological polar surface area (TPSA) is 139 Å². The van der Waals surface area contributed by atoms with Gasteiger partial charge in [-0.05, 0) is 39.3 Å². The van der Waals surface area contributed by atoms with Crippen molar-refractivity contribution < 1.29 is 29.4 Å². The van der Waals surface area contributed by atoms with Crippen molar-refractivity contribution >= 4 is 83.4 Å². The number of hydrogen-bond acceptors (Lipinski definition) is 11. The second-order valence-corrected chi connectivity index (χ2v) is 18.3. The minimum atomic E-state index is -1.43. The van der Waals surface area contributed by atoms with Crippen LogP contribution in [0.15, 0.2) is 54.7 Å². The molecule has 7 fully saturated rings. The van der Waals surface area contributed by atoms with Crippen molar-refractivity contribution in [2.24, 2.45) is 0 Å². The molecule has 6 atom stereocenters. The van der Waals surface area contributed by atoms with Crippen molar-refractivity contribution in [3.8, 4) is 0 Å². The minimum Gasteiger partial charge on any atom is -0.392 e. The molecule has 16 heteroatoms. The van der Waals surface area contributed by atoms with Crippen molar-refractivity contribution in [3.05, 3.63) is 65.9 Å². The Morgan fingerprint density at radius 2 is 1.36 bits per heavy atom. The summed E-state index contributed by atoms with van der Waals surface area (Å²) in [5.74, 6) is -1.11. The highest BCUT2D eigenvalue weighted by Gasteiger charge is 2.78. The monoisotopic (exact) mass is 710 g/mol. The molecule has 8 aliphatic heterocycles. The largest absolute Gasteiger partial charge is 0.392 e. The lowest BCUT2D eigenvalue weighted by Gasteiger charge is -2.58. The van der Waals surface area contributed by atoms with Gasteiger partial charge in [0.25, 0.3) is 23.6 Å². The van der Waals surface area contributed by atoms with Crippen LogP contribution in [0.25, 0.3) is 10.9 Å². The van der Waals surface area contributed by atoms with Crippen molar-refractivity contribution in [3.63, 3.8) is 0 Å². The van der Waals surface area contributed by atoms with E-state index in [2.05, 4.69) is 9.88 Å². The molecule has 2 aromatic carbocycles. The van der Waals surface area contributed by atoms with Crippen LogP contribution in [0.4, 0.5) is 5.69 Å². The van der Waals surface area contributed by atoms with Crippen LogP contribution in [0.3, 0.4) is 0 Å². The number of rotatable bonds is 5. The summed E-state index contributed by atoms with van der Waals surface area (Å²) in [4.78, 5) is 57.1. The number of aromatic nitrogens is 1. The average Bonchev–Trinajstić information content (AvgIpc) is 3.71. The highest BCUT2D eigenvalue weighted by atomic mass is 33.1. The molecular formula is C31H30N6O6S4. The molecule has 9 heterocycles. The van der Waals surface area contributed by atoms with Gasteiger partial charge in [-0.3, -0.25) is 24.1 Å². The first-order valence-electron chi connectivity index (χ1n) is 15.1. The van der Waals surface area contributed by atoms with Crippen LogP contribution < -0.4 is 5.32 Å². The fourth-order valence-corrected chi connectivity index (χ4v) is 15.7. The van der Waals surface area contributed by atoms with Crippen LogP contribution in [0, 0.1) is 0 Å². The van der Waals surface area contributed by atoms with Crippen LogP contribution in [0.2, 0.25) is 0 Å². The Morgan fingerprint density at radius 1 is 0.766 bits per heavy atom. The number of likely N-dealkylation sites (N-methyl/N-ethyl adjacent to an activating group) is 3. The van der Waals surface area contributed by atoms with Crippen LogP contribution in [0.5, 0.6) is 0 Å². The quantitative estimate of drug-likeness (QED) is 0.335. The number of para-hydroxylation sites is 2. The molecule has 12 nitrogen and oxygen atoms in total. The van der Waals surface area contributed by atoms with E-state index in [0.29, 0.717) is 0 Å². The van der Waals surface area contributed by atoms with Crippen molar-refractivity contribution in [2.75, 3.05) is 39.7 Å². The van der Waals surface area contributed by atoms with E-state index in [4.69, 9.17) is 0 Å². The lowest BCUT2D eigenvalue weighted by Crippen LogP contribution is -2.77. The number of benzene rings is 2. The van der Waals surface area contributed by atoms with Gasteiger partial charge < -0.3 is 34.8 Å². The highest BCUT2D eigenvalue weighted by Crippen LogP contribution is 2.69. The van der Waals surface area contributed by atoms with Gasteiger partial charge in [0.05, 0.1) is 13.2 Å². The van der Waals surface area contributed by atoms with Gasteiger partial charge in [-0.2, -0.15) is 0 Å². The summed E-state index contributed by atoms with van der Waals surface area (Å²) in [5.41, 5.74) is 2.55. The summed E-state index contributed by atoms with van der Waals surface area (Å²) in [6, 6.07) is 15.8. The van der Waals surface area contributed by atoms with Crippen LogP contribution in [-0.2, 0) is 31.1 Å². The van der Waals surface area contributed by atoms with Gasteiger partial charge >= 0.3 is 0 Å². The molecule has 1 spiro atoms. The summed E-state index contributed by atoms with van der Waals surface area (Å²) in [6.07, 6.45) is 1.85. The van der Waals surface area contributed by atoms with E-state index < -0.39 is 44.4 Å². The second-order valence-electron chi connectivity index (χ2n) is 13.0. The Bertz CT molecular complexity index is 1980. The summed E-state index contributed by atoms with van der Waals surface area (Å²) in [5, 5.41) is 25.2. The summed E-state index contributed by atoms with van der Waals surface area (Å²) in [7, 11) is 9.90. The number of carbonyl (C=O) groups excluding carboxylic acids is 4. The molecule has 4 bridgehead atoms. The molecule has 0 unspecified atom stereocenters. The third kappa shape index (κ3) is 3.12. The summed E-state index contributed by atoms with van der Waals surface area (Å²) < 4.78 is 2.16. The maximum atomic E-state index is 14.4. The third-order valence-corrected chi connectivity index (χ3v) is 18.4. The Morgan fingerprint density at radius 3 is 2.13 bits per heavy atom. The normalized spacial score (nSPS) is 36.8.